The van der Waals surface area contributed by atoms with Crippen molar-refractivity contribution in [1.82, 2.24) is 10.2 Å². The maximum Gasteiger partial charge on any atom is 0.242 e. The first-order valence-electron chi connectivity index (χ1n) is 7.10. The van der Waals surface area contributed by atoms with Gasteiger partial charge < -0.3 is 16.0 Å². The van der Waals surface area contributed by atoms with Crippen molar-refractivity contribution in [2.45, 2.75) is 24.9 Å². The second kappa shape index (κ2) is 7.04. The fourth-order valence-corrected chi connectivity index (χ4v) is 2.54. The molecule has 0 radical (unpaired) electrons. The quantitative estimate of drug-likeness (QED) is 0.858. The summed E-state index contributed by atoms with van der Waals surface area (Å²) in [7, 11) is 1.57. The van der Waals surface area contributed by atoms with Crippen molar-refractivity contribution in [2.24, 2.45) is 5.73 Å². The van der Waals surface area contributed by atoms with Crippen molar-refractivity contribution >= 4 is 17.9 Å². The standard InChI is InChI=1S/C16H21N3O2/c1-18-16(21)14-10-13(17)11-19(14)15(20)9-5-8-12-6-3-2-4-7-12/h2-8,13-14H,9-11,17H2,1H3,(H,18,21)/b8-5+/t13-,14+/m1/s1. The third kappa shape index (κ3) is 3.92. The smallest absolute Gasteiger partial charge is 0.242 e. The predicted molar refractivity (Wildman–Crippen MR) is 82.3 cm³/mol. The minimum absolute atomic E-state index is 0.0660. The number of nitrogens with one attached hydrogen (secondary N) is 1. The Labute approximate surface area is 124 Å². The minimum atomic E-state index is -0.442. The van der Waals surface area contributed by atoms with Crippen LogP contribution >= 0.6 is 0 Å². The Morgan fingerprint density at radius 2 is 2.10 bits per heavy atom. The lowest BCUT2D eigenvalue weighted by molar-refractivity contribution is -0.137. The van der Waals surface area contributed by atoms with Gasteiger partial charge in [0.05, 0.1) is 0 Å². The lowest BCUT2D eigenvalue weighted by atomic mass is 10.1. The first-order valence-corrected chi connectivity index (χ1v) is 7.10. The minimum Gasteiger partial charge on any atom is -0.357 e. The van der Waals surface area contributed by atoms with Crippen LogP contribution in [0.5, 0.6) is 0 Å². The number of rotatable bonds is 4. The van der Waals surface area contributed by atoms with Gasteiger partial charge in [0.15, 0.2) is 0 Å². The molecule has 2 atom stereocenters. The van der Waals surface area contributed by atoms with E-state index in [9.17, 15) is 9.59 Å². The van der Waals surface area contributed by atoms with E-state index in [2.05, 4.69) is 5.32 Å². The Kier molecular flexibility index (Phi) is 5.11. The number of hydrogen-bond donors (Lipinski definition) is 2. The SMILES string of the molecule is CNC(=O)[C@@H]1C[C@@H](N)CN1C(=O)C/C=C/c1ccccc1. The molecule has 5 nitrogen and oxygen atoms in total. The number of benzene rings is 1. The molecule has 0 unspecified atom stereocenters. The molecule has 112 valence electrons. The molecule has 0 bridgehead atoms. The van der Waals surface area contributed by atoms with Crippen molar-refractivity contribution in [2.75, 3.05) is 13.6 Å². The Morgan fingerprint density at radius 1 is 1.38 bits per heavy atom. The highest BCUT2D eigenvalue weighted by atomic mass is 16.2. The predicted octanol–water partition coefficient (Wildman–Crippen LogP) is 0.764. The number of nitrogens with two attached hydrogens (primary N) is 1. The summed E-state index contributed by atoms with van der Waals surface area (Å²) in [5.74, 6) is -0.216. The zero-order valence-electron chi connectivity index (χ0n) is 12.2. The van der Waals surface area contributed by atoms with Crippen LogP contribution in [0.15, 0.2) is 36.4 Å². The monoisotopic (exact) mass is 287 g/mol. The number of likely N-dealkylation sites (N-methyl/N-ethyl adjacent to an activating group) is 1. The third-order valence-corrected chi connectivity index (χ3v) is 3.61. The van der Waals surface area contributed by atoms with Gasteiger partial charge in [0.1, 0.15) is 6.04 Å². The fourth-order valence-electron chi connectivity index (χ4n) is 2.54. The second-order valence-corrected chi connectivity index (χ2v) is 5.19. The van der Waals surface area contributed by atoms with Gasteiger partial charge in [-0.1, -0.05) is 42.5 Å². The second-order valence-electron chi connectivity index (χ2n) is 5.19. The summed E-state index contributed by atoms with van der Waals surface area (Å²) in [5.41, 5.74) is 6.92. The summed E-state index contributed by atoms with van der Waals surface area (Å²) in [6, 6.07) is 9.21. The van der Waals surface area contributed by atoms with Crippen molar-refractivity contribution in [3.05, 3.63) is 42.0 Å². The van der Waals surface area contributed by atoms with Gasteiger partial charge in [-0.3, -0.25) is 9.59 Å². The summed E-state index contributed by atoms with van der Waals surface area (Å²) in [6.45, 7) is 0.441. The molecule has 5 heteroatoms. The first-order chi connectivity index (χ1) is 10.1. The number of nitrogens with zero attached hydrogens (tertiary/aromatic N) is 1. The highest BCUT2D eigenvalue weighted by molar-refractivity contribution is 5.89. The molecule has 0 aromatic heterocycles. The van der Waals surface area contributed by atoms with Crippen LogP contribution in [0.2, 0.25) is 0 Å². The number of hydrogen-bond acceptors (Lipinski definition) is 3. The van der Waals surface area contributed by atoms with E-state index in [1.807, 2.05) is 42.5 Å². The highest BCUT2D eigenvalue weighted by Gasteiger charge is 2.36. The Hall–Kier alpha value is -2.14. The zero-order valence-corrected chi connectivity index (χ0v) is 12.2. The molecule has 0 spiro atoms. The van der Waals surface area contributed by atoms with Gasteiger partial charge in [-0.15, -0.1) is 0 Å². The van der Waals surface area contributed by atoms with Crippen molar-refractivity contribution in [1.29, 1.82) is 0 Å². The van der Waals surface area contributed by atoms with Crippen LogP contribution in [-0.4, -0.2) is 42.4 Å². The molecule has 1 aromatic rings. The van der Waals surface area contributed by atoms with Crippen molar-refractivity contribution in [3.8, 4) is 0 Å². The lowest BCUT2D eigenvalue weighted by Gasteiger charge is -2.22. The van der Waals surface area contributed by atoms with Crippen molar-refractivity contribution in [3.63, 3.8) is 0 Å². The summed E-state index contributed by atoms with van der Waals surface area (Å²) >= 11 is 0. The molecule has 1 aliphatic heterocycles. The van der Waals surface area contributed by atoms with Crippen LogP contribution in [0.25, 0.3) is 6.08 Å². The van der Waals surface area contributed by atoms with Gasteiger partial charge in [0, 0.05) is 26.1 Å². The van der Waals surface area contributed by atoms with Gasteiger partial charge in [-0.25, -0.2) is 0 Å². The van der Waals surface area contributed by atoms with Crippen LogP contribution in [0, 0.1) is 0 Å². The molecule has 1 aromatic carbocycles. The molecule has 2 amide bonds. The molecule has 21 heavy (non-hydrogen) atoms. The summed E-state index contributed by atoms with van der Waals surface area (Å²) in [6.07, 6.45) is 4.52. The largest absolute Gasteiger partial charge is 0.357 e. The number of carbonyl (C=O) groups is 2. The molecule has 1 aliphatic rings. The molecular weight excluding hydrogens is 266 g/mol. The van der Waals surface area contributed by atoms with E-state index >= 15 is 0 Å². The van der Waals surface area contributed by atoms with E-state index in [0.717, 1.165) is 5.56 Å². The van der Waals surface area contributed by atoms with Crippen LogP contribution in [0.3, 0.4) is 0 Å². The third-order valence-electron chi connectivity index (χ3n) is 3.61. The fraction of sp³-hybridized carbons (Fsp3) is 0.375. The van der Waals surface area contributed by atoms with E-state index in [4.69, 9.17) is 5.73 Å². The molecule has 1 saturated heterocycles. The molecule has 1 fully saturated rings. The zero-order chi connectivity index (χ0) is 15.2. The number of likely N-dealkylation sites (tertiary alicyclic amines) is 1. The van der Waals surface area contributed by atoms with E-state index in [-0.39, 0.29) is 24.3 Å². The van der Waals surface area contributed by atoms with Crippen molar-refractivity contribution < 1.29 is 9.59 Å². The van der Waals surface area contributed by atoms with Gasteiger partial charge in [-0.05, 0) is 12.0 Å². The van der Waals surface area contributed by atoms with E-state index in [0.29, 0.717) is 13.0 Å². The van der Waals surface area contributed by atoms with Gasteiger partial charge >= 0.3 is 0 Å². The average molecular weight is 287 g/mol. The Morgan fingerprint density at radius 3 is 2.76 bits per heavy atom. The maximum atomic E-state index is 12.3. The van der Waals surface area contributed by atoms with Gasteiger partial charge in [0.2, 0.25) is 11.8 Å². The topological polar surface area (TPSA) is 75.4 Å². The maximum absolute atomic E-state index is 12.3. The van der Waals surface area contributed by atoms with Crippen LogP contribution in [0.4, 0.5) is 0 Å². The van der Waals surface area contributed by atoms with E-state index < -0.39 is 6.04 Å². The van der Waals surface area contributed by atoms with Crippen LogP contribution in [0.1, 0.15) is 18.4 Å². The number of carbonyl (C=O) groups excluding carboxylic acids is 2. The molecule has 0 aliphatic carbocycles. The van der Waals surface area contributed by atoms with Crippen LogP contribution < -0.4 is 11.1 Å². The number of amides is 2. The molecule has 0 saturated carbocycles. The summed E-state index contributed by atoms with van der Waals surface area (Å²) in [5, 5.41) is 2.59. The molecule has 2 rings (SSSR count). The molecule has 1 heterocycles. The van der Waals surface area contributed by atoms with Crippen LogP contribution in [-0.2, 0) is 9.59 Å². The summed E-state index contributed by atoms with van der Waals surface area (Å²) in [4.78, 5) is 25.6. The van der Waals surface area contributed by atoms with Gasteiger partial charge in [-0.2, -0.15) is 0 Å². The average Bonchev–Trinajstić information content (AvgIpc) is 2.89. The summed E-state index contributed by atoms with van der Waals surface area (Å²) < 4.78 is 0. The molecular formula is C16H21N3O2. The Bertz CT molecular complexity index is 528. The first kappa shape index (κ1) is 15.3. The lowest BCUT2D eigenvalue weighted by Crippen LogP contribution is -2.44. The van der Waals surface area contributed by atoms with E-state index in [1.165, 1.54) is 0 Å². The highest BCUT2D eigenvalue weighted by Crippen LogP contribution is 2.18. The van der Waals surface area contributed by atoms with Gasteiger partial charge in [0.25, 0.3) is 0 Å². The normalized spacial score (nSPS) is 21.7. The van der Waals surface area contributed by atoms with E-state index in [1.54, 1.807) is 11.9 Å². The Balaban J connectivity index is 1.96. The molecule has 3 N–H and O–H groups in total.